The van der Waals surface area contributed by atoms with Gasteiger partial charge in [-0.1, -0.05) is 0 Å². The molecule has 2 heterocycles. The first-order chi connectivity index (χ1) is 9.74. The number of rotatable bonds is 4. The van der Waals surface area contributed by atoms with Crippen LogP contribution in [0.2, 0.25) is 0 Å². The molecule has 1 spiro atoms. The highest BCUT2D eigenvalue weighted by molar-refractivity contribution is 5.98. The first kappa shape index (κ1) is 13.8. The summed E-state index contributed by atoms with van der Waals surface area (Å²) in [6, 6.07) is 0. The Labute approximate surface area is 118 Å². The van der Waals surface area contributed by atoms with E-state index in [0.29, 0.717) is 6.42 Å². The van der Waals surface area contributed by atoms with Crippen molar-refractivity contribution in [1.82, 2.24) is 9.78 Å². The van der Waals surface area contributed by atoms with Crippen molar-refractivity contribution in [3.8, 4) is 0 Å². The van der Waals surface area contributed by atoms with Crippen molar-refractivity contribution >= 4 is 5.78 Å². The molecular weight excluding hydrogens is 256 g/mol. The molecule has 0 aromatic carbocycles. The molecule has 1 saturated heterocycles. The predicted molar refractivity (Wildman–Crippen MR) is 73.7 cm³/mol. The third-order valence-electron chi connectivity index (χ3n) is 4.66. The SMILES string of the molecule is O=C1CC2(CCOCC2)Cc2c1cnn2CCCCO. The minimum atomic E-state index is 0.0943. The number of aromatic nitrogens is 2. The zero-order valence-electron chi connectivity index (χ0n) is 11.8. The van der Waals surface area contributed by atoms with Gasteiger partial charge >= 0.3 is 0 Å². The molecule has 0 amide bonds. The van der Waals surface area contributed by atoms with E-state index in [4.69, 9.17) is 9.84 Å². The van der Waals surface area contributed by atoms with Gasteiger partial charge in [-0.3, -0.25) is 9.48 Å². The molecule has 1 aromatic heterocycles. The van der Waals surface area contributed by atoms with E-state index in [-0.39, 0.29) is 17.8 Å². The van der Waals surface area contributed by atoms with Crippen molar-refractivity contribution in [1.29, 1.82) is 0 Å². The van der Waals surface area contributed by atoms with Crippen molar-refractivity contribution in [3.05, 3.63) is 17.5 Å². The topological polar surface area (TPSA) is 64.3 Å². The normalized spacial score (nSPS) is 21.1. The fraction of sp³-hybridized carbons (Fsp3) is 0.733. The van der Waals surface area contributed by atoms with Crippen LogP contribution in [0.5, 0.6) is 0 Å². The molecule has 1 N–H and O–H groups in total. The van der Waals surface area contributed by atoms with E-state index >= 15 is 0 Å². The zero-order valence-corrected chi connectivity index (χ0v) is 11.8. The number of fused-ring (bicyclic) bond motifs is 1. The summed E-state index contributed by atoms with van der Waals surface area (Å²) >= 11 is 0. The molecule has 110 valence electrons. The van der Waals surface area contributed by atoms with E-state index in [2.05, 4.69) is 5.10 Å². The number of ether oxygens (including phenoxy) is 1. The third kappa shape index (κ3) is 2.52. The number of Topliss-reactive ketones (excluding diaryl/α,β-unsaturated/α-hetero) is 1. The number of hydrogen-bond acceptors (Lipinski definition) is 4. The minimum absolute atomic E-state index is 0.0943. The standard InChI is InChI=1S/C15H22N2O3/c18-6-2-1-5-17-13-9-15(3-7-20-8-4-15)10-14(19)12(13)11-16-17/h11,18H,1-10H2. The number of aryl methyl sites for hydroxylation is 1. The van der Waals surface area contributed by atoms with Crippen LogP contribution in [-0.2, 0) is 17.7 Å². The van der Waals surface area contributed by atoms with Gasteiger partial charge in [0.05, 0.1) is 11.8 Å². The lowest BCUT2D eigenvalue weighted by molar-refractivity contribution is 0.00829. The van der Waals surface area contributed by atoms with Gasteiger partial charge in [0.1, 0.15) is 0 Å². The second kappa shape index (κ2) is 5.66. The van der Waals surface area contributed by atoms with E-state index in [9.17, 15) is 4.79 Å². The number of hydrogen-bond donors (Lipinski definition) is 1. The van der Waals surface area contributed by atoms with Crippen LogP contribution in [0.3, 0.4) is 0 Å². The Balaban J connectivity index is 1.81. The van der Waals surface area contributed by atoms with Crippen molar-refractivity contribution in [2.75, 3.05) is 19.8 Å². The molecule has 1 aromatic rings. The van der Waals surface area contributed by atoms with Gasteiger partial charge in [-0.25, -0.2) is 0 Å². The molecule has 5 heteroatoms. The largest absolute Gasteiger partial charge is 0.396 e. The molecule has 1 aliphatic carbocycles. The maximum absolute atomic E-state index is 12.4. The van der Waals surface area contributed by atoms with Crippen molar-refractivity contribution < 1.29 is 14.6 Å². The Kier molecular flexibility index (Phi) is 3.89. The van der Waals surface area contributed by atoms with Gasteiger partial charge in [0.15, 0.2) is 5.78 Å². The number of carbonyl (C=O) groups excluding carboxylic acids is 1. The van der Waals surface area contributed by atoms with E-state index in [1.54, 1.807) is 6.20 Å². The Morgan fingerprint density at radius 2 is 2.10 bits per heavy atom. The van der Waals surface area contributed by atoms with Gasteiger partial charge in [0.2, 0.25) is 0 Å². The van der Waals surface area contributed by atoms with Gasteiger partial charge in [-0.2, -0.15) is 5.10 Å². The molecule has 3 rings (SSSR count). The Hall–Kier alpha value is -1.20. The number of nitrogens with zero attached hydrogens (tertiary/aromatic N) is 2. The summed E-state index contributed by atoms with van der Waals surface area (Å²) in [6.45, 7) is 2.53. The molecule has 2 aliphatic rings. The average molecular weight is 278 g/mol. The highest BCUT2D eigenvalue weighted by Crippen LogP contribution is 2.42. The summed E-state index contributed by atoms with van der Waals surface area (Å²) in [6.07, 6.45) is 6.93. The average Bonchev–Trinajstić information content (AvgIpc) is 2.83. The summed E-state index contributed by atoms with van der Waals surface area (Å²) < 4.78 is 7.42. The Morgan fingerprint density at radius 1 is 1.30 bits per heavy atom. The van der Waals surface area contributed by atoms with Crippen molar-refractivity contribution in [2.45, 2.75) is 45.1 Å². The lowest BCUT2D eigenvalue weighted by atomic mass is 9.68. The maximum Gasteiger partial charge on any atom is 0.166 e. The minimum Gasteiger partial charge on any atom is -0.396 e. The molecule has 0 saturated carbocycles. The summed E-state index contributed by atoms with van der Waals surface area (Å²) in [7, 11) is 0. The second-order valence-corrected chi connectivity index (χ2v) is 6.05. The van der Waals surface area contributed by atoms with Crippen LogP contribution in [-0.4, -0.2) is 40.5 Å². The first-order valence-corrected chi connectivity index (χ1v) is 7.51. The molecule has 0 bridgehead atoms. The van der Waals surface area contributed by atoms with E-state index in [1.165, 1.54) is 0 Å². The van der Waals surface area contributed by atoms with Crippen LogP contribution >= 0.6 is 0 Å². The zero-order chi connectivity index (χ0) is 14.0. The van der Waals surface area contributed by atoms with Crippen LogP contribution in [0.1, 0.15) is 48.2 Å². The van der Waals surface area contributed by atoms with Gasteiger partial charge in [-0.05, 0) is 37.5 Å². The third-order valence-corrected chi connectivity index (χ3v) is 4.66. The molecule has 0 unspecified atom stereocenters. The second-order valence-electron chi connectivity index (χ2n) is 6.05. The Bertz CT molecular complexity index is 489. The summed E-state index contributed by atoms with van der Waals surface area (Å²) in [5.41, 5.74) is 2.00. The van der Waals surface area contributed by atoms with Crippen molar-refractivity contribution in [2.24, 2.45) is 5.41 Å². The quantitative estimate of drug-likeness (QED) is 0.849. The van der Waals surface area contributed by atoms with E-state index < -0.39 is 0 Å². The van der Waals surface area contributed by atoms with Gasteiger partial charge < -0.3 is 9.84 Å². The first-order valence-electron chi connectivity index (χ1n) is 7.51. The highest BCUT2D eigenvalue weighted by atomic mass is 16.5. The van der Waals surface area contributed by atoms with Gasteiger partial charge in [-0.15, -0.1) is 0 Å². The lowest BCUT2D eigenvalue weighted by Gasteiger charge is -2.39. The van der Waals surface area contributed by atoms with Crippen LogP contribution in [0.4, 0.5) is 0 Å². The Morgan fingerprint density at radius 3 is 2.85 bits per heavy atom. The summed E-state index contributed by atoms with van der Waals surface area (Å²) in [5, 5.41) is 13.3. The van der Waals surface area contributed by atoms with Crippen LogP contribution in [0, 0.1) is 5.41 Å². The number of unbranched alkanes of at least 4 members (excludes halogenated alkanes) is 1. The number of aliphatic hydroxyl groups excluding tert-OH is 1. The monoisotopic (exact) mass is 278 g/mol. The molecule has 0 radical (unpaired) electrons. The molecule has 5 nitrogen and oxygen atoms in total. The molecule has 1 aliphatic heterocycles. The predicted octanol–water partition coefficient (Wildman–Crippen LogP) is 1.58. The number of ketones is 1. The number of carbonyl (C=O) groups is 1. The van der Waals surface area contributed by atoms with Gasteiger partial charge in [0, 0.05) is 38.5 Å². The maximum atomic E-state index is 12.4. The van der Waals surface area contributed by atoms with Crippen LogP contribution < -0.4 is 0 Å². The molecule has 1 fully saturated rings. The van der Waals surface area contributed by atoms with E-state index in [1.807, 2.05) is 4.68 Å². The number of aliphatic hydroxyl groups is 1. The molecule has 0 atom stereocenters. The van der Waals surface area contributed by atoms with Gasteiger partial charge in [0.25, 0.3) is 0 Å². The lowest BCUT2D eigenvalue weighted by Crippen LogP contribution is -2.38. The fourth-order valence-corrected chi connectivity index (χ4v) is 3.41. The van der Waals surface area contributed by atoms with E-state index in [0.717, 1.165) is 63.1 Å². The summed E-state index contributed by atoms with van der Waals surface area (Å²) in [4.78, 5) is 12.4. The molecule has 20 heavy (non-hydrogen) atoms. The van der Waals surface area contributed by atoms with Crippen LogP contribution in [0.25, 0.3) is 0 Å². The fourth-order valence-electron chi connectivity index (χ4n) is 3.41. The van der Waals surface area contributed by atoms with Crippen molar-refractivity contribution in [3.63, 3.8) is 0 Å². The van der Waals surface area contributed by atoms with Crippen LogP contribution in [0.15, 0.2) is 6.20 Å². The molecular formula is C15H22N2O3. The smallest absolute Gasteiger partial charge is 0.166 e. The highest BCUT2D eigenvalue weighted by Gasteiger charge is 2.41. The summed E-state index contributed by atoms with van der Waals surface area (Å²) in [5.74, 6) is 0.238.